The molecular formula is C12H26O4SSi. The highest BCUT2D eigenvalue weighted by atomic mass is 32.2. The molecule has 0 aliphatic carbocycles. The number of rotatable bonds is 7. The maximum absolute atomic E-state index is 10.7. The summed E-state index contributed by atoms with van der Waals surface area (Å²) < 4.78 is 31.9. The largest absolute Gasteiger partial charge is 0.413 e. The molecule has 0 fully saturated rings. The molecule has 0 unspecified atom stereocenters. The van der Waals surface area contributed by atoms with Crippen LogP contribution in [0.3, 0.4) is 0 Å². The second kappa shape index (κ2) is 6.84. The van der Waals surface area contributed by atoms with Crippen LogP contribution in [0.25, 0.3) is 0 Å². The number of hydrogen-bond acceptors (Lipinski definition) is 4. The van der Waals surface area contributed by atoms with Crippen molar-refractivity contribution in [1.82, 2.24) is 0 Å². The summed E-state index contributed by atoms with van der Waals surface area (Å²) in [7, 11) is -5.00. The zero-order valence-corrected chi connectivity index (χ0v) is 14.1. The van der Waals surface area contributed by atoms with Gasteiger partial charge in [-0.1, -0.05) is 32.9 Å². The Balaban J connectivity index is 3.86. The molecule has 0 rings (SSSR count). The van der Waals surface area contributed by atoms with E-state index in [4.69, 9.17) is 4.43 Å². The van der Waals surface area contributed by atoms with Gasteiger partial charge in [-0.25, -0.2) is 0 Å². The highest BCUT2D eigenvalue weighted by Crippen LogP contribution is 2.36. The average molecular weight is 294 g/mol. The molecule has 0 bridgehead atoms. The molecule has 0 aromatic rings. The minimum Gasteiger partial charge on any atom is -0.413 e. The van der Waals surface area contributed by atoms with E-state index in [2.05, 4.69) is 38.0 Å². The van der Waals surface area contributed by atoms with Gasteiger partial charge in [-0.05, 0) is 24.6 Å². The third-order valence-electron chi connectivity index (χ3n) is 3.10. The lowest BCUT2D eigenvalue weighted by Gasteiger charge is -2.35. The summed E-state index contributed by atoms with van der Waals surface area (Å²) in [4.78, 5) is 0. The molecule has 0 radical (unpaired) electrons. The zero-order chi connectivity index (χ0) is 14.4. The molecule has 0 N–H and O–H groups in total. The molecule has 0 aliphatic heterocycles. The summed E-state index contributed by atoms with van der Waals surface area (Å²) in [5.41, 5.74) is 0. The molecule has 18 heavy (non-hydrogen) atoms. The molecule has 0 aromatic heterocycles. The second-order valence-electron chi connectivity index (χ2n) is 5.86. The Morgan fingerprint density at radius 2 is 1.72 bits per heavy atom. The summed E-state index contributed by atoms with van der Waals surface area (Å²) in [5.74, 6) is 0. The first-order valence-electron chi connectivity index (χ1n) is 6.09. The minimum absolute atomic E-state index is 0.190. The van der Waals surface area contributed by atoms with Gasteiger partial charge in [-0.2, -0.15) is 8.42 Å². The predicted molar refractivity (Wildman–Crippen MR) is 77.7 cm³/mol. The molecule has 0 spiro atoms. The van der Waals surface area contributed by atoms with Crippen LogP contribution in [0.5, 0.6) is 0 Å². The molecule has 0 saturated heterocycles. The van der Waals surface area contributed by atoms with Crippen molar-refractivity contribution < 1.29 is 17.0 Å². The molecule has 0 aliphatic rings. The smallest absolute Gasteiger partial charge is 0.264 e. The van der Waals surface area contributed by atoms with Crippen LogP contribution < -0.4 is 0 Å². The summed E-state index contributed by atoms with van der Waals surface area (Å²) in [5, 5.41) is 0.209. The van der Waals surface area contributed by atoms with Crippen molar-refractivity contribution in [1.29, 1.82) is 0 Å². The first-order valence-corrected chi connectivity index (χ1v) is 10.8. The Hall–Kier alpha value is -0.173. The molecule has 4 nitrogen and oxygen atoms in total. The molecule has 6 heteroatoms. The Kier molecular flexibility index (Phi) is 6.77. The van der Waals surface area contributed by atoms with Crippen LogP contribution in [-0.4, -0.2) is 36.2 Å². The quantitative estimate of drug-likeness (QED) is 0.313. The lowest BCUT2D eigenvalue weighted by molar-refractivity contribution is 0.322. The second-order valence-corrected chi connectivity index (χ2v) is 12.3. The summed E-state index contributed by atoms with van der Waals surface area (Å²) >= 11 is 0. The first-order chi connectivity index (χ1) is 7.96. The van der Waals surface area contributed by atoms with Gasteiger partial charge in [-0.3, -0.25) is 4.18 Å². The summed E-state index contributed by atoms with van der Waals surface area (Å²) in [6.07, 6.45) is 5.44. The lowest BCUT2D eigenvalue weighted by atomic mass is 10.2. The van der Waals surface area contributed by atoms with Gasteiger partial charge in [-0.15, -0.1) is 0 Å². The van der Waals surface area contributed by atoms with Crippen LogP contribution in [0.2, 0.25) is 18.1 Å². The zero-order valence-electron chi connectivity index (χ0n) is 12.3. The fraction of sp³-hybridized carbons (Fsp3) is 0.833. The van der Waals surface area contributed by atoms with E-state index < -0.39 is 18.4 Å². The van der Waals surface area contributed by atoms with Gasteiger partial charge >= 0.3 is 0 Å². The Labute approximate surface area is 113 Å². The monoisotopic (exact) mass is 294 g/mol. The van der Waals surface area contributed by atoms with Gasteiger partial charge in [0.05, 0.1) is 19.5 Å². The fourth-order valence-corrected chi connectivity index (χ4v) is 2.27. The molecule has 0 atom stereocenters. The van der Waals surface area contributed by atoms with Crippen LogP contribution in [0.15, 0.2) is 12.2 Å². The van der Waals surface area contributed by atoms with E-state index in [1.807, 2.05) is 12.2 Å². The topological polar surface area (TPSA) is 52.6 Å². The van der Waals surface area contributed by atoms with Crippen molar-refractivity contribution in [3.63, 3.8) is 0 Å². The van der Waals surface area contributed by atoms with Gasteiger partial charge in [0.15, 0.2) is 8.32 Å². The molecule has 0 amide bonds. The van der Waals surface area contributed by atoms with Gasteiger partial charge in [0.1, 0.15) is 0 Å². The van der Waals surface area contributed by atoms with E-state index in [1.165, 1.54) is 0 Å². The summed E-state index contributed by atoms with van der Waals surface area (Å²) in [6, 6.07) is 0. The molecule has 0 heterocycles. The lowest BCUT2D eigenvalue weighted by Crippen LogP contribution is -2.40. The van der Waals surface area contributed by atoms with Gasteiger partial charge in [0.2, 0.25) is 0 Å². The highest BCUT2D eigenvalue weighted by molar-refractivity contribution is 7.85. The molecule has 0 aromatic carbocycles. The van der Waals surface area contributed by atoms with E-state index in [0.29, 0.717) is 13.0 Å². The van der Waals surface area contributed by atoms with E-state index in [9.17, 15) is 8.42 Å². The first kappa shape index (κ1) is 17.8. The van der Waals surface area contributed by atoms with E-state index in [0.717, 1.165) is 6.26 Å². The van der Waals surface area contributed by atoms with Gasteiger partial charge in [0.25, 0.3) is 10.1 Å². The van der Waals surface area contributed by atoms with Crippen molar-refractivity contribution in [3.8, 4) is 0 Å². The van der Waals surface area contributed by atoms with Gasteiger partial charge in [0, 0.05) is 0 Å². The highest BCUT2D eigenvalue weighted by Gasteiger charge is 2.36. The van der Waals surface area contributed by atoms with Crippen molar-refractivity contribution in [2.45, 2.75) is 45.3 Å². The Morgan fingerprint density at radius 1 is 1.17 bits per heavy atom. The van der Waals surface area contributed by atoms with Crippen LogP contribution >= 0.6 is 0 Å². The third kappa shape index (κ3) is 8.02. The molecule has 0 saturated carbocycles. The Morgan fingerprint density at radius 3 is 2.17 bits per heavy atom. The average Bonchev–Trinajstić information content (AvgIpc) is 2.12. The van der Waals surface area contributed by atoms with Gasteiger partial charge < -0.3 is 4.43 Å². The fourth-order valence-electron chi connectivity index (χ4n) is 0.926. The normalized spacial score (nSPS) is 14.3. The third-order valence-corrected chi connectivity index (χ3v) is 8.19. The van der Waals surface area contributed by atoms with Crippen LogP contribution in [0.4, 0.5) is 0 Å². The molecular weight excluding hydrogens is 268 g/mol. The SMILES string of the molecule is CC(C)(C)[Si](C)(C)OC/C=C/CCOS(C)(=O)=O. The predicted octanol–water partition coefficient (Wildman–Crippen LogP) is 2.93. The minimum atomic E-state index is -3.32. The number of hydrogen-bond donors (Lipinski definition) is 0. The van der Waals surface area contributed by atoms with Crippen molar-refractivity contribution >= 4 is 18.4 Å². The molecule has 108 valence electrons. The summed E-state index contributed by atoms with van der Waals surface area (Å²) in [6.45, 7) is 11.8. The van der Waals surface area contributed by atoms with Crippen LogP contribution in [-0.2, 0) is 18.7 Å². The van der Waals surface area contributed by atoms with Crippen LogP contribution in [0.1, 0.15) is 27.2 Å². The van der Waals surface area contributed by atoms with Crippen molar-refractivity contribution in [2.24, 2.45) is 0 Å². The Bertz CT molecular complexity index is 366. The van der Waals surface area contributed by atoms with Crippen molar-refractivity contribution in [3.05, 3.63) is 12.2 Å². The standard InChI is InChI=1S/C12H26O4SSi/c1-12(2,3)18(5,6)16-11-9-7-8-10-15-17(4,13)14/h7,9H,8,10-11H2,1-6H3/b9-7+. The van der Waals surface area contributed by atoms with Crippen molar-refractivity contribution in [2.75, 3.05) is 19.5 Å². The maximum atomic E-state index is 10.7. The van der Waals surface area contributed by atoms with E-state index in [1.54, 1.807) is 0 Å². The maximum Gasteiger partial charge on any atom is 0.264 e. The van der Waals surface area contributed by atoms with E-state index in [-0.39, 0.29) is 11.6 Å². The van der Waals surface area contributed by atoms with E-state index >= 15 is 0 Å². The van der Waals surface area contributed by atoms with Crippen LogP contribution in [0, 0.1) is 0 Å².